The van der Waals surface area contributed by atoms with Gasteiger partial charge in [0.2, 0.25) is 0 Å². The van der Waals surface area contributed by atoms with E-state index in [0.29, 0.717) is 64.5 Å². The number of H-pyrrole nitrogens is 1. The Bertz CT molecular complexity index is 1310. The quantitative estimate of drug-likeness (QED) is 0.349. The van der Waals surface area contributed by atoms with Gasteiger partial charge in [-0.3, -0.25) is 14.6 Å². The Labute approximate surface area is 199 Å². The van der Waals surface area contributed by atoms with E-state index in [1.165, 1.54) is 6.33 Å². The molecule has 176 valence electrons. The zero-order valence-corrected chi connectivity index (χ0v) is 19.2. The predicted octanol–water partition coefficient (Wildman–Crippen LogP) is 2.51. The molecule has 0 bridgehead atoms. The normalized spacial score (nSPS) is 15.6. The Kier molecular flexibility index (Phi) is 6.39. The van der Waals surface area contributed by atoms with Gasteiger partial charge in [0.1, 0.15) is 28.8 Å². The van der Waals surface area contributed by atoms with Crippen LogP contribution in [0.5, 0.6) is 5.75 Å². The number of fused-ring (bicyclic) bond motifs is 1. The highest BCUT2D eigenvalue weighted by molar-refractivity contribution is 6.31. The van der Waals surface area contributed by atoms with Gasteiger partial charge in [0.15, 0.2) is 5.69 Å². The van der Waals surface area contributed by atoms with Crippen molar-refractivity contribution in [3.63, 3.8) is 0 Å². The highest BCUT2D eigenvalue weighted by Crippen LogP contribution is 2.36. The number of methoxy groups -OCH3 is 1. The first-order valence-corrected chi connectivity index (χ1v) is 11.2. The van der Waals surface area contributed by atoms with Crippen LogP contribution in [-0.2, 0) is 11.3 Å². The Balaban J connectivity index is 1.44. The third-order valence-electron chi connectivity index (χ3n) is 5.57. The number of nitrogens with zero attached hydrogens (tertiary/aromatic N) is 5. The van der Waals surface area contributed by atoms with Crippen molar-refractivity contribution in [2.45, 2.75) is 19.0 Å². The molecule has 5 rings (SSSR count). The number of nitrogens with one attached hydrogen (secondary N) is 3. The molecule has 1 aromatic carbocycles. The first kappa shape index (κ1) is 22.3. The third kappa shape index (κ3) is 4.58. The molecular weight excluding hydrogens is 460 g/mol. The molecule has 1 aliphatic heterocycles. The summed E-state index contributed by atoms with van der Waals surface area (Å²) in [6.45, 7) is 2.80. The largest absolute Gasteiger partial charge is 0.496 e. The molecule has 3 aromatic heterocycles. The van der Waals surface area contributed by atoms with Crippen LogP contribution in [0.2, 0.25) is 5.02 Å². The Morgan fingerprint density at radius 3 is 3.15 bits per heavy atom. The van der Waals surface area contributed by atoms with Crippen molar-refractivity contribution in [1.29, 1.82) is 0 Å². The third-order valence-corrected chi connectivity index (χ3v) is 5.81. The summed E-state index contributed by atoms with van der Waals surface area (Å²) in [6.07, 6.45) is 5.71. The van der Waals surface area contributed by atoms with E-state index in [2.05, 4.69) is 30.8 Å². The van der Waals surface area contributed by atoms with E-state index in [1.54, 1.807) is 42.4 Å². The van der Waals surface area contributed by atoms with Gasteiger partial charge in [0.05, 0.1) is 32.1 Å². The summed E-state index contributed by atoms with van der Waals surface area (Å²) in [5, 5.41) is 18.5. The highest BCUT2D eigenvalue weighted by Gasteiger charge is 2.22. The summed E-state index contributed by atoms with van der Waals surface area (Å²) in [6, 6.07) is 5.61. The second-order valence-electron chi connectivity index (χ2n) is 7.83. The van der Waals surface area contributed by atoms with Gasteiger partial charge in [-0.05, 0) is 24.6 Å². The molecule has 0 saturated carbocycles. The number of halogens is 1. The fraction of sp³-hybridized carbons (Fsp3) is 0.318. The number of carbonyl (C=O) groups is 1. The monoisotopic (exact) mass is 482 g/mol. The summed E-state index contributed by atoms with van der Waals surface area (Å²) < 4.78 is 12.7. The minimum Gasteiger partial charge on any atom is -0.496 e. The topological polar surface area (TPSA) is 132 Å². The maximum Gasteiger partial charge on any atom is 0.278 e. The number of hydrogen-bond donors (Lipinski definition) is 3. The number of aromatic nitrogens is 6. The van der Waals surface area contributed by atoms with Gasteiger partial charge in [-0.2, -0.15) is 10.2 Å². The molecule has 1 saturated heterocycles. The maximum absolute atomic E-state index is 13.1. The van der Waals surface area contributed by atoms with Crippen LogP contribution in [0, 0.1) is 0 Å². The summed E-state index contributed by atoms with van der Waals surface area (Å²) in [4.78, 5) is 21.2. The Morgan fingerprint density at radius 1 is 1.41 bits per heavy atom. The second kappa shape index (κ2) is 9.75. The van der Waals surface area contributed by atoms with Crippen LogP contribution in [-0.4, -0.2) is 68.8 Å². The van der Waals surface area contributed by atoms with Gasteiger partial charge in [-0.15, -0.1) is 0 Å². The SMILES string of the molecule is COc1ccc(Cl)cc1-c1nn(CCNC2CCOC2)cc1NC(=O)c1n[nH]c2cncnc12. The second-order valence-corrected chi connectivity index (χ2v) is 8.26. The van der Waals surface area contributed by atoms with Crippen molar-refractivity contribution in [2.24, 2.45) is 0 Å². The number of benzene rings is 1. The molecule has 3 N–H and O–H groups in total. The lowest BCUT2D eigenvalue weighted by Crippen LogP contribution is -2.32. The van der Waals surface area contributed by atoms with Crippen LogP contribution in [0.1, 0.15) is 16.9 Å². The van der Waals surface area contributed by atoms with Crippen molar-refractivity contribution in [3.05, 3.63) is 47.6 Å². The van der Waals surface area contributed by atoms with Crippen molar-refractivity contribution in [3.8, 4) is 17.0 Å². The molecule has 1 aliphatic rings. The maximum atomic E-state index is 13.1. The van der Waals surface area contributed by atoms with E-state index in [1.807, 2.05) is 0 Å². The lowest BCUT2D eigenvalue weighted by molar-refractivity contribution is 0.102. The molecule has 4 aromatic rings. The minimum atomic E-state index is -0.423. The number of hydrogen-bond acceptors (Lipinski definition) is 8. The first-order valence-electron chi connectivity index (χ1n) is 10.8. The number of rotatable bonds is 8. The number of carbonyl (C=O) groups excluding carboxylic acids is 1. The molecule has 1 fully saturated rings. The fourth-order valence-electron chi connectivity index (χ4n) is 3.88. The van der Waals surface area contributed by atoms with Crippen LogP contribution in [0.25, 0.3) is 22.3 Å². The summed E-state index contributed by atoms with van der Waals surface area (Å²) in [7, 11) is 1.57. The molecule has 0 radical (unpaired) electrons. The molecule has 0 spiro atoms. The molecule has 1 amide bonds. The molecule has 1 atom stereocenters. The van der Waals surface area contributed by atoms with Gasteiger partial charge < -0.3 is 20.1 Å². The molecule has 0 aliphatic carbocycles. The van der Waals surface area contributed by atoms with Gasteiger partial charge in [0, 0.05) is 36.0 Å². The van der Waals surface area contributed by atoms with E-state index in [4.69, 9.17) is 26.2 Å². The van der Waals surface area contributed by atoms with Crippen molar-refractivity contribution < 1.29 is 14.3 Å². The van der Waals surface area contributed by atoms with Gasteiger partial charge >= 0.3 is 0 Å². The molecule has 1 unspecified atom stereocenters. The van der Waals surface area contributed by atoms with Crippen LogP contribution < -0.4 is 15.4 Å². The van der Waals surface area contributed by atoms with E-state index >= 15 is 0 Å². The Hall–Kier alpha value is -3.54. The fourth-order valence-corrected chi connectivity index (χ4v) is 4.05. The van der Waals surface area contributed by atoms with Crippen LogP contribution in [0.15, 0.2) is 36.9 Å². The van der Waals surface area contributed by atoms with Gasteiger partial charge in [-0.1, -0.05) is 11.6 Å². The van der Waals surface area contributed by atoms with Gasteiger partial charge in [0.25, 0.3) is 5.91 Å². The standard InChI is InChI=1S/C22H23ClN8O3/c1-33-18-3-2-13(23)8-15(18)19-17(10-31(30-19)6-5-25-14-4-7-34-11-14)27-22(32)21-20-16(28-29-21)9-24-12-26-20/h2-3,8-10,12,14,25H,4-7,11H2,1H3,(H,27,32)(H,28,29). The smallest absolute Gasteiger partial charge is 0.278 e. The molecule has 11 nitrogen and oxygen atoms in total. The predicted molar refractivity (Wildman–Crippen MR) is 126 cm³/mol. The summed E-state index contributed by atoms with van der Waals surface area (Å²) >= 11 is 6.26. The van der Waals surface area contributed by atoms with Crippen molar-refractivity contribution in [2.75, 3.05) is 32.2 Å². The number of anilines is 1. The average molecular weight is 483 g/mol. The summed E-state index contributed by atoms with van der Waals surface area (Å²) in [5.74, 6) is 0.164. The van der Waals surface area contributed by atoms with E-state index < -0.39 is 5.91 Å². The number of ether oxygens (including phenoxy) is 2. The zero-order chi connectivity index (χ0) is 23.5. The molecule has 12 heteroatoms. The zero-order valence-electron chi connectivity index (χ0n) is 18.4. The van der Waals surface area contributed by atoms with Crippen LogP contribution in [0.4, 0.5) is 5.69 Å². The van der Waals surface area contributed by atoms with Crippen molar-refractivity contribution in [1.82, 2.24) is 35.3 Å². The lowest BCUT2D eigenvalue weighted by Gasteiger charge is -2.10. The molecular formula is C22H23ClN8O3. The van der Waals surface area contributed by atoms with E-state index in [9.17, 15) is 4.79 Å². The molecule has 34 heavy (non-hydrogen) atoms. The number of aromatic amines is 1. The van der Waals surface area contributed by atoms with Crippen LogP contribution >= 0.6 is 11.6 Å². The highest BCUT2D eigenvalue weighted by atomic mass is 35.5. The minimum absolute atomic E-state index is 0.164. The molecule has 4 heterocycles. The van der Waals surface area contributed by atoms with Gasteiger partial charge in [-0.25, -0.2) is 9.97 Å². The van der Waals surface area contributed by atoms with Crippen LogP contribution in [0.3, 0.4) is 0 Å². The van der Waals surface area contributed by atoms with Crippen molar-refractivity contribution >= 4 is 34.2 Å². The number of amides is 1. The Morgan fingerprint density at radius 2 is 2.32 bits per heavy atom. The van der Waals surface area contributed by atoms with E-state index in [-0.39, 0.29) is 5.69 Å². The summed E-state index contributed by atoms with van der Waals surface area (Å²) in [5.41, 5.74) is 2.87. The van der Waals surface area contributed by atoms with E-state index in [0.717, 1.165) is 13.0 Å². The first-order chi connectivity index (χ1) is 16.6. The average Bonchev–Trinajstić information content (AvgIpc) is 3.59. The lowest BCUT2D eigenvalue weighted by atomic mass is 10.1.